The molecular formula is C62H34N4. The molecule has 0 saturated heterocycles. The third-order valence-corrected chi connectivity index (χ3v) is 13.9. The van der Waals surface area contributed by atoms with E-state index in [1.165, 1.54) is 10.8 Å². The van der Waals surface area contributed by atoms with E-state index in [0.717, 1.165) is 120 Å². The van der Waals surface area contributed by atoms with E-state index >= 15 is 0 Å². The summed E-state index contributed by atoms with van der Waals surface area (Å²) in [4.78, 5) is 4.65. The summed E-state index contributed by atoms with van der Waals surface area (Å²) in [5.74, 6) is 0. The lowest BCUT2D eigenvalue weighted by molar-refractivity contribution is 1.29. The van der Waals surface area contributed by atoms with Crippen LogP contribution in [0.5, 0.6) is 0 Å². The Hall–Kier alpha value is -9.22. The van der Waals surface area contributed by atoms with Crippen LogP contribution in [0.3, 0.4) is 0 Å². The van der Waals surface area contributed by atoms with Crippen molar-refractivity contribution in [2.45, 2.75) is 0 Å². The monoisotopic (exact) mass is 834 g/mol. The number of nitriles is 2. The number of para-hydroxylation sites is 4. The summed E-state index contributed by atoms with van der Waals surface area (Å²) in [6, 6.07) is 78.2. The second kappa shape index (κ2) is 13.6. The van der Waals surface area contributed by atoms with E-state index in [4.69, 9.17) is 0 Å². The van der Waals surface area contributed by atoms with Gasteiger partial charge in [-0.1, -0.05) is 109 Å². The predicted molar refractivity (Wildman–Crippen MR) is 276 cm³/mol. The Morgan fingerprint density at radius 1 is 0.242 bits per heavy atom. The van der Waals surface area contributed by atoms with Gasteiger partial charge in [0.25, 0.3) is 0 Å². The van der Waals surface area contributed by atoms with Crippen molar-refractivity contribution in [2.75, 3.05) is 9.80 Å². The van der Waals surface area contributed by atoms with E-state index in [1.807, 2.05) is 0 Å². The topological polar surface area (TPSA) is 54.1 Å². The van der Waals surface area contributed by atoms with Crippen molar-refractivity contribution in [3.05, 3.63) is 217 Å². The van der Waals surface area contributed by atoms with Gasteiger partial charge >= 0.3 is 0 Å². The highest BCUT2D eigenvalue weighted by molar-refractivity contribution is 6.52. The first-order valence-electron chi connectivity index (χ1n) is 22.3. The van der Waals surface area contributed by atoms with Gasteiger partial charge in [-0.2, -0.15) is 10.5 Å². The van der Waals surface area contributed by atoms with Crippen molar-refractivity contribution in [1.82, 2.24) is 0 Å². The minimum absolute atomic E-state index is 0.615. The van der Waals surface area contributed by atoms with Crippen LogP contribution in [-0.2, 0) is 0 Å². The molecule has 66 heavy (non-hydrogen) atoms. The average Bonchev–Trinajstić information content (AvgIpc) is 3.90. The summed E-state index contributed by atoms with van der Waals surface area (Å²) < 4.78 is 0. The molecule has 14 rings (SSSR count). The fourth-order valence-electron chi connectivity index (χ4n) is 11.5. The summed E-state index contributed by atoms with van der Waals surface area (Å²) >= 11 is 0. The molecule has 0 amide bonds. The van der Waals surface area contributed by atoms with Crippen LogP contribution in [0.25, 0.3) is 97.0 Å². The third kappa shape index (κ3) is 4.96. The molecule has 14 aromatic rings. The zero-order valence-corrected chi connectivity index (χ0v) is 35.4. The zero-order valence-electron chi connectivity index (χ0n) is 35.4. The quantitative estimate of drug-likeness (QED) is 0.157. The lowest BCUT2D eigenvalue weighted by Gasteiger charge is -2.26. The van der Waals surface area contributed by atoms with Gasteiger partial charge in [0, 0.05) is 34.1 Å². The minimum Gasteiger partial charge on any atom is -0.310 e. The van der Waals surface area contributed by atoms with Crippen LogP contribution < -0.4 is 9.80 Å². The van der Waals surface area contributed by atoms with Crippen molar-refractivity contribution >= 4 is 131 Å². The molecule has 0 aliphatic heterocycles. The standard InChI is InChI=1S/C62H34N4/c63-35-37-28-50-58-48-26-14-16-40-32-46(66(43-21-9-3-10-22-43)44-23-11-4-12-24-44)34-54(56(40)48)62(58)52-30-38(36-64)27-49-57-47-25-13-15-39-31-45(33-53(55(39)47)61(57)51(29-37)59(50)60(49)52)65(41-17-5-1-6-18-41)42-19-7-2-8-20-42/h1-34H. The van der Waals surface area contributed by atoms with Gasteiger partial charge in [-0.05, 0) is 194 Å². The first kappa shape index (κ1) is 36.3. The maximum Gasteiger partial charge on any atom is 0.0992 e. The molecule has 4 heteroatoms. The van der Waals surface area contributed by atoms with Gasteiger partial charge in [-0.25, -0.2) is 0 Å². The van der Waals surface area contributed by atoms with Gasteiger partial charge in [-0.15, -0.1) is 0 Å². The molecule has 0 saturated carbocycles. The predicted octanol–water partition coefficient (Wildman–Crippen LogP) is 17.1. The molecule has 14 aromatic carbocycles. The van der Waals surface area contributed by atoms with Crippen LogP contribution in [0.15, 0.2) is 206 Å². The van der Waals surface area contributed by atoms with E-state index in [0.29, 0.717) is 11.1 Å². The summed E-state index contributed by atoms with van der Waals surface area (Å²) in [6.07, 6.45) is 0. The largest absolute Gasteiger partial charge is 0.310 e. The zero-order chi connectivity index (χ0) is 43.6. The number of anilines is 6. The first-order chi connectivity index (χ1) is 32.7. The van der Waals surface area contributed by atoms with Crippen molar-refractivity contribution in [3.63, 3.8) is 0 Å². The van der Waals surface area contributed by atoms with E-state index in [1.54, 1.807) is 0 Å². The molecule has 0 atom stereocenters. The number of hydrogen-bond acceptors (Lipinski definition) is 4. The first-order valence-corrected chi connectivity index (χ1v) is 22.3. The van der Waals surface area contributed by atoms with E-state index in [9.17, 15) is 10.5 Å². The lowest BCUT2D eigenvalue weighted by atomic mass is 9.85. The Labute approximate surface area is 379 Å². The minimum atomic E-state index is 0.615. The molecule has 4 nitrogen and oxygen atoms in total. The van der Waals surface area contributed by atoms with Crippen LogP contribution >= 0.6 is 0 Å². The molecule has 0 radical (unpaired) electrons. The van der Waals surface area contributed by atoms with Crippen LogP contribution in [0.1, 0.15) is 11.1 Å². The summed E-state index contributed by atoms with van der Waals surface area (Å²) in [5, 5.41) is 41.9. The Morgan fingerprint density at radius 3 is 0.833 bits per heavy atom. The number of nitrogens with zero attached hydrogens (tertiary/aromatic N) is 4. The number of hydrogen-bond donors (Lipinski definition) is 0. The van der Waals surface area contributed by atoms with Crippen molar-refractivity contribution in [3.8, 4) is 12.1 Å². The second-order valence-corrected chi connectivity index (χ2v) is 17.4. The lowest BCUT2D eigenvalue weighted by Crippen LogP contribution is -2.09. The highest BCUT2D eigenvalue weighted by Gasteiger charge is 2.28. The van der Waals surface area contributed by atoms with Gasteiger partial charge in [0.15, 0.2) is 0 Å². The molecule has 302 valence electrons. The molecule has 0 aromatic heterocycles. The Bertz CT molecular complexity index is 3980. The Morgan fingerprint density at radius 2 is 0.530 bits per heavy atom. The molecule has 0 spiro atoms. The van der Waals surface area contributed by atoms with Gasteiger partial charge in [0.05, 0.1) is 23.3 Å². The number of benzene rings is 12. The molecule has 0 unspecified atom stereocenters. The van der Waals surface area contributed by atoms with Crippen LogP contribution in [-0.4, -0.2) is 0 Å². The summed E-state index contributed by atoms with van der Waals surface area (Å²) in [6.45, 7) is 0. The molecule has 0 aliphatic rings. The fraction of sp³-hybridized carbons (Fsp3) is 0. The highest BCUT2D eigenvalue weighted by Crippen LogP contribution is 2.55. The molecule has 0 heterocycles. The SMILES string of the molecule is N#Cc1cc2c3c4cccc5cc(N(c6ccccc6)c6ccccc6)cc(c54)c3c3cc(C#N)cc4c5c6cccc7cc(N(c8ccccc8)c8ccccc8)cc(c76)c5c(c1)c2c43. The molecule has 0 aliphatic carbocycles. The van der Waals surface area contributed by atoms with Crippen molar-refractivity contribution in [2.24, 2.45) is 0 Å². The Kier molecular flexibility index (Phi) is 7.50. The van der Waals surface area contributed by atoms with Gasteiger partial charge in [0.1, 0.15) is 0 Å². The molecule has 0 N–H and O–H groups in total. The summed E-state index contributed by atoms with van der Waals surface area (Å²) in [5.41, 5.74) is 7.57. The van der Waals surface area contributed by atoms with Gasteiger partial charge in [-0.3, -0.25) is 0 Å². The second-order valence-electron chi connectivity index (χ2n) is 17.4. The maximum absolute atomic E-state index is 10.9. The molecule has 0 fully saturated rings. The van der Waals surface area contributed by atoms with Crippen molar-refractivity contribution < 1.29 is 0 Å². The van der Waals surface area contributed by atoms with E-state index in [-0.39, 0.29) is 0 Å². The highest BCUT2D eigenvalue weighted by atomic mass is 15.1. The van der Waals surface area contributed by atoms with Crippen LogP contribution in [0.2, 0.25) is 0 Å². The number of fused-ring (bicyclic) bond motifs is 10. The maximum atomic E-state index is 10.9. The van der Waals surface area contributed by atoms with Crippen LogP contribution in [0.4, 0.5) is 34.1 Å². The molecule has 0 bridgehead atoms. The van der Waals surface area contributed by atoms with Gasteiger partial charge < -0.3 is 9.80 Å². The third-order valence-electron chi connectivity index (χ3n) is 13.9. The fourth-order valence-corrected chi connectivity index (χ4v) is 11.5. The summed E-state index contributed by atoms with van der Waals surface area (Å²) in [7, 11) is 0. The smallest absolute Gasteiger partial charge is 0.0992 e. The van der Waals surface area contributed by atoms with Crippen molar-refractivity contribution in [1.29, 1.82) is 10.5 Å². The Balaban J connectivity index is 1.17. The number of rotatable bonds is 6. The van der Waals surface area contributed by atoms with Crippen LogP contribution in [0, 0.1) is 22.7 Å². The van der Waals surface area contributed by atoms with Gasteiger partial charge in [0.2, 0.25) is 0 Å². The van der Waals surface area contributed by atoms with E-state index < -0.39 is 0 Å². The normalized spacial score (nSPS) is 11.9. The molecular weight excluding hydrogens is 801 g/mol. The van der Waals surface area contributed by atoms with E-state index in [2.05, 4.69) is 228 Å². The average molecular weight is 835 g/mol.